The minimum atomic E-state index is -0.169. The zero-order valence-electron chi connectivity index (χ0n) is 8.03. The molecule has 2 rings (SSSR count). The number of anilines is 1. The molecule has 4 heteroatoms. The highest BCUT2D eigenvalue weighted by Crippen LogP contribution is 2.29. The van der Waals surface area contributed by atoms with Crippen molar-refractivity contribution in [3.8, 4) is 0 Å². The van der Waals surface area contributed by atoms with Gasteiger partial charge >= 0.3 is 0 Å². The largest absolute Gasteiger partial charge is 0.397 e. The molecule has 1 heterocycles. The summed E-state index contributed by atoms with van der Waals surface area (Å²) in [6.45, 7) is 2.10. The van der Waals surface area contributed by atoms with E-state index in [1.807, 2.05) is 0 Å². The molecule has 1 saturated carbocycles. The zero-order chi connectivity index (χ0) is 10.1. The van der Waals surface area contributed by atoms with Gasteiger partial charge in [-0.1, -0.05) is 6.92 Å². The molecule has 1 aromatic heterocycles. The van der Waals surface area contributed by atoms with E-state index >= 15 is 0 Å². The number of aromatic nitrogens is 1. The van der Waals surface area contributed by atoms with E-state index in [-0.39, 0.29) is 5.91 Å². The third-order valence-corrected chi connectivity index (χ3v) is 2.48. The van der Waals surface area contributed by atoms with Gasteiger partial charge < -0.3 is 11.1 Å². The molecule has 14 heavy (non-hydrogen) atoms. The number of nitrogens with one attached hydrogen (secondary N) is 1. The Morgan fingerprint density at radius 1 is 1.71 bits per heavy atom. The van der Waals surface area contributed by atoms with Crippen molar-refractivity contribution < 1.29 is 4.79 Å². The van der Waals surface area contributed by atoms with E-state index in [1.54, 1.807) is 18.3 Å². The van der Waals surface area contributed by atoms with Crippen LogP contribution in [0.2, 0.25) is 0 Å². The molecule has 3 N–H and O–H groups in total. The molecule has 2 atom stereocenters. The van der Waals surface area contributed by atoms with Gasteiger partial charge in [-0.3, -0.25) is 4.79 Å². The van der Waals surface area contributed by atoms with E-state index in [0.29, 0.717) is 23.3 Å². The van der Waals surface area contributed by atoms with Crippen molar-refractivity contribution in [3.63, 3.8) is 0 Å². The monoisotopic (exact) mass is 191 g/mol. The minimum Gasteiger partial charge on any atom is -0.397 e. The average molecular weight is 191 g/mol. The van der Waals surface area contributed by atoms with Gasteiger partial charge in [-0.05, 0) is 24.5 Å². The van der Waals surface area contributed by atoms with E-state index < -0.39 is 0 Å². The van der Waals surface area contributed by atoms with Crippen LogP contribution in [0, 0.1) is 5.92 Å². The third-order valence-electron chi connectivity index (χ3n) is 2.48. The predicted octanol–water partition coefficient (Wildman–Crippen LogP) is 0.802. The number of hydrogen-bond donors (Lipinski definition) is 2. The highest BCUT2D eigenvalue weighted by Gasteiger charge is 2.34. The summed E-state index contributed by atoms with van der Waals surface area (Å²) < 4.78 is 0. The lowest BCUT2D eigenvalue weighted by molar-refractivity contribution is 0.0945. The molecule has 0 bridgehead atoms. The second-order valence-electron chi connectivity index (χ2n) is 3.73. The fourth-order valence-electron chi connectivity index (χ4n) is 1.37. The zero-order valence-corrected chi connectivity index (χ0v) is 8.03. The van der Waals surface area contributed by atoms with Crippen LogP contribution in [0.25, 0.3) is 0 Å². The molecule has 0 aliphatic heterocycles. The summed E-state index contributed by atoms with van der Waals surface area (Å²) >= 11 is 0. The lowest BCUT2D eigenvalue weighted by atomic mass is 10.3. The smallest absolute Gasteiger partial charge is 0.272 e. The molecule has 0 radical (unpaired) electrons. The van der Waals surface area contributed by atoms with E-state index in [1.165, 1.54) is 0 Å². The molecular weight excluding hydrogens is 178 g/mol. The Hall–Kier alpha value is -1.58. The Balaban J connectivity index is 2.07. The van der Waals surface area contributed by atoms with Gasteiger partial charge in [0, 0.05) is 12.2 Å². The molecule has 0 saturated heterocycles. The SMILES string of the molecule is CC1CC1NC(=O)c1ncccc1N. The van der Waals surface area contributed by atoms with Gasteiger partial charge in [-0.25, -0.2) is 4.98 Å². The van der Waals surface area contributed by atoms with Crippen LogP contribution in [0.15, 0.2) is 18.3 Å². The normalized spacial score (nSPS) is 24.4. The first-order chi connectivity index (χ1) is 6.68. The second kappa shape index (κ2) is 3.29. The number of hydrogen-bond acceptors (Lipinski definition) is 3. The maximum atomic E-state index is 11.6. The van der Waals surface area contributed by atoms with Gasteiger partial charge in [0.05, 0.1) is 5.69 Å². The van der Waals surface area contributed by atoms with Gasteiger partial charge in [-0.2, -0.15) is 0 Å². The highest BCUT2D eigenvalue weighted by atomic mass is 16.2. The molecule has 2 unspecified atom stereocenters. The van der Waals surface area contributed by atoms with Crippen LogP contribution in [-0.4, -0.2) is 16.9 Å². The van der Waals surface area contributed by atoms with E-state index in [2.05, 4.69) is 17.2 Å². The molecule has 1 amide bonds. The number of carbonyl (C=O) groups is 1. The molecule has 0 aromatic carbocycles. The average Bonchev–Trinajstić information content (AvgIpc) is 2.82. The minimum absolute atomic E-state index is 0.169. The fourth-order valence-corrected chi connectivity index (χ4v) is 1.37. The number of nitrogens with zero attached hydrogens (tertiary/aromatic N) is 1. The summed E-state index contributed by atoms with van der Waals surface area (Å²) in [4.78, 5) is 15.6. The van der Waals surface area contributed by atoms with Crippen molar-refractivity contribution >= 4 is 11.6 Å². The van der Waals surface area contributed by atoms with Crippen LogP contribution in [0.3, 0.4) is 0 Å². The molecule has 1 aromatic rings. The highest BCUT2D eigenvalue weighted by molar-refractivity contribution is 5.97. The van der Waals surface area contributed by atoms with Gasteiger partial charge in [0.2, 0.25) is 0 Å². The first-order valence-corrected chi connectivity index (χ1v) is 4.70. The lowest BCUT2D eigenvalue weighted by Gasteiger charge is -2.04. The maximum Gasteiger partial charge on any atom is 0.272 e. The Morgan fingerprint density at radius 2 is 2.43 bits per heavy atom. The molecular formula is C10H13N3O. The lowest BCUT2D eigenvalue weighted by Crippen LogP contribution is -2.28. The number of amides is 1. The Labute approximate surface area is 82.5 Å². The van der Waals surface area contributed by atoms with Crippen LogP contribution >= 0.6 is 0 Å². The third kappa shape index (κ3) is 1.69. The van der Waals surface area contributed by atoms with Crippen LogP contribution in [-0.2, 0) is 0 Å². The molecule has 0 spiro atoms. The van der Waals surface area contributed by atoms with Crippen molar-refractivity contribution in [1.82, 2.24) is 10.3 Å². The van der Waals surface area contributed by atoms with Crippen molar-refractivity contribution in [2.24, 2.45) is 5.92 Å². The quantitative estimate of drug-likeness (QED) is 0.726. The molecule has 1 aliphatic carbocycles. The Morgan fingerprint density at radius 3 is 3.00 bits per heavy atom. The van der Waals surface area contributed by atoms with Gasteiger partial charge in [0.15, 0.2) is 5.69 Å². The summed E-state index contributed by atoms with van der Waals surface area (Å²) in [6.07, 6.45) is 2.63. The summed E-state index contributed by atoms with van der Waals surface area (Å²) in [5, 5.41) is 2.88. The summed E-state index contributed by atoms with van der Waals surface area (Å²) in [6, 6.07) is 3.70. The summed E-state index contributed by atoms with van der Waals surface area (Å²) in [5.74, 6) is 0.418. The van der Waals surface area contributed by atoms with Crippen molar-refractivity contribution in [3.05, 3.63) is 24.0 Å². The molecule has 74 valence electrons. The second-order valence-corrected chi connectivity index (χ2v) is 3.73. The Kier molecular flexibility index (Phi) is 2.11. The first kappa shape index (κ1) is 8.99. The number of rotatable bonds is 2. The van der Waals surface area contributed by atoms with Crippen LogP contribution in [0.4, 0.5) is 5.69 Å². The van der Waals surface area contributed by atoms with Crippen molar-refractivity contribution in [2.75, 3.05) is 5.73 Å². The van der Waals surface area contributed by atoms with Crippen LogP contribution in [0.1, 0.15) is 23.8 Å². The van der Waals surface area contributed by atoms with Crippen molar-refractivity contribution in [1.29, 1.82) is 0 Å². The standard InChI is InChI=1S/C10H13N3O/c1-6-5-8(6)13-10(14)9-7(11)3-2-4-12-9/h2-4,6,8H,5,11H2,1H3,(H,13,14). The predicted molar refractivity (Wildman–Crippen MR) is 53.7 cm³/mol. The summed E-state index contributed by atoms with van der Waals surface area (Å²) in [5.41, 5.74) is 6.38. The number of carbonyl (C=O) groups excluding carboxylic acids is 1. The molecule has 4 nitrogen and oxygen atoms in total. The number of pyridine rings is 1. The van der Waals surface area contributed by atoms with Crippen molar-refractivity contribution in [2.45, 2.75) is 19.4 Å². The number of nitrogens with two attached hydrogens (primary N) is 1. The van der Waals surface area contributed by atoms with E-state index in [4.69, 9.17) is 5.73 Å². The van der Waals surface area contributed by atoms with E-state index in [0.717, 1.165) is 6.42 Å². The fraction of sp³-hybridized carbons (Fsp3) is 0.400. The molecule has 1 aliphatic rings. The van der Waals surface area contributed by atoms with Gasteiger partial charge in [-0.15, -0.1) is 0 Å². The van der Waals surface area contributed by atoms with Crippen LogP contribution < -0.4 is 11.1 Å². The van der Waals surface area contributed by atoms with Gasteiger partial charge in [0.25, 0.3) is 5.91 Å². The Bertz CT molecular complexity index is 364. The maximum absolute atomic E-state index is 11.6. The first-order valence-electron chi connectivity index (χ1n) is 4.70. The topological polar surface area (TPSA) is 68.0 Å². The van der Waals surface area contributed by atoms with E-state index in [9.17, 15) is 4.79 Å². The number of nitrogen functional groups attached to an aromatic ring is 1. The van der Waals surface area contributed by atoms with Crippen LogP contribution in [0.5, 0.6) is 0 Å². The molecule has 1 fully saturated rings. The summed E-state index contributed by atoms with van der Waals surface area (Å²) in [7, 11) is 0. The van der Waals surface area contributed by atoms with Gasteiger partial charge in [0.1, 0.15) is 0 Å².